The average Bonchev–Trinajstić information content (AvgIpc) is 2.75. The number of guanidine groups is 1. The molecule has 0 bridgehead atoms. The van der Waals surface area contributed by atoms with E-state index in [1.165, 1.54) is 0 Å². The van der Waals surface area contributed by atoms with Crippen LogP contribution in [0.25, 0.3) is 0 Å². The fourth-order valence-electron chi connectivity index (χ4n) is 2.72. The van der Waals surface area contributed by atoms with Crippen LogP contribution in [-0.2, 0) is 0 Å². The van der Waals surface area contributed by atoms with Gasteiger partial charge in [-0.05, 0) is 38.1 Å². The van der Waals surface area contributed by atoms with Gasteiger partial charge in [-0.15, -0.1) is 5.10 Å². The van der Waals surface area contributed by atoms with Crippen molar-refractivity contribution < 1.29 is 9.47 Å². The maximum absolute atomic E-state index is 5.86. The maximum Gasteiger partial charge on any atom is 0.234 e. The van der Waals surface area contributed by atoms with Crippen molar-refractivity contribution >= 4 is 29.8 Å². The number of hydrazone groups is 1. The van der Waals surface area contributed by atoms with Crippen LogP contribution in [0.15, 0.2) is 51.7 Å². The van der Waals surface area contributed by atoms with Gasteiger partial charge in [-0.3, -0.25) is 0 Å². The van der Waals surface area contributed by atoms with Gasteiger partial charge in [0.05, 0.1) is 25.6 Å². The Hall–Kier alpha value is -3.75. The Bertz CT molecular complexity index is 969. The van der Waals surface area contributed by atoms with E-state index in [0.717, 1.165) is 34.0 Å². The number of hydrogen-bond donors (Lipinski definition) is 2. The van der Waals surface area contributed by atoms with Crippen LogP contribution in [0.2, 0.25) is 0 Å². The predicted molar refractivity (Wildman–Crippen MR) is 134 cm³/mol. The molecule has 2 aromatic rings. The van der Waals surface area contributed by atoms with Crippen molar-refractivity contribution in [3.63, 3.8) is 0 Å². The van der Waals surface area contributed by atoms with Crippen LogP contribution in [0.3, 0.4) is 0 Å². The molecule has 0 atom stereocenters. The Balaban J connectivity index is 2.07. The van der Waals surface area contributed by atoms with Gasteiger partial charge in [-0.2, -0.15) is 10.2 Å². The molecule has 0 saturated carbocycles. The molecule has 2 rings (SSSR count). The van der Waals surface area contributed by atoms with Gasteiger partial charge in [0.1, 0.15) is 11.5 Å². The van der Waals surface area contributed by atoms with Gasteiger partial charge < -0.3 is 25.0 Å². The Kier molecular flexibility index (Phi) is 9.34. The minimum atomic E-state index is 0.0586. The summed E-state index contributed by atoms with van der Waals surface area (Å²) in [5.41, 5.74) is 12.2. The molecular weight excluding hydrogens is 406 g/mol. The Morgan fingerprint density at radius 3 is 1.84 bits per heavy atom. The number of anilines is 2. The molecular formula is C23H33N7O2. The number of ether oxygens (including phenoxy) is 2. The summed E-state index contributed by atoms with van der Waals surface area (Å²) in [5.74, 6) is 1.53. The van der Waals surface area contributed by atoms with Gasteiger partial charge in [-0.25, -0.2) is 5.43 Å². The Morgan fingerprint density at radius 2 is 1.38 bits per heavy atom. The second-order valence-corrected chi connectivity index (χ2v) is 7.20. The lowest BCUT2D eigenvalue weighted by atomic mass is 10.2. The van der Waals surface area contributed by atoms with E-state index in [9.17, 15) is 0 Å². The molecule has 0 saturated heterocycles. The third-order valence-electron chi connectivity index (χ3n) is 4.37. The van der Waals surface area contributed by atoms with Crippen LogP contribution < -0.4 is 30.4 Å². The van der Waals surface area contributed by atoms with E-state index in [-0.39, 0.29) is 5.96 Å². The summed E-state index contributed by atoms with van der Waals surface area (Å²) in [4.78, 5) is 4.02. The summed E-state index contributed by atoms with van der Waals surface area (Å²) in [6, 6.07) is 11.7. The lowest BCUT2D eigenvalue weighted by Crippen LogP contribution is -2.26. The first kappa shape index (κ1) is 24.5. The summed E-state index contributed by atoms with van der Waals surface area (Å²) in [6.45, 7) is 4.99. The molecule has 9 heteroatoms. The van der Waals surface area contributed by atoms with E-state index in [0.29, 0.717) is 13.2 Å². The zero-order valence-corrected chi connectivity index (χ0v) is 19.7. The van der Waals surface area contributed by atoms with Crippen molar-refractivity contribution in [3.05, 3.63) is 47.5 Å². The van der Waals surface area contributed by atoms with Crippen molar-refractivity contribution in [2.75, 3.05) is 51.2 Å². The molecule has 32 heavy (non-hydrogen) atoms. The van der Waals surface area contributed by atoms with Crippen LogP contribution in [0.4, 0.5) is 11.4 Å². The molecule has 0 fully saturated rings. The SMILES string of the molecule is CCOc1cc(N(C)C)ccc1/C=N/N=C(N)N/N=C/c1ccc(N(C)C)cc1OCC. The number of nitrogens with zero attached hydrogens (tertiary/aromatic N) is 5. The van der Waals surface area contributed by atoms with E-state index < -0.39 is 0 Å². The standard InChI is InChI=1S/C23H33N7O2/c1-7-31-21-13-19(29(3)4)11-9-17(21)15-25-27-23(24)28-26-16-18-10-12-20(30(5)6)14-22(18)32-8-2/h9-16H,7-8H2,1-6H3,(H3,24,27,28)/b25-15+,26-16+. The van der Waals surface area contributed by atoms with Crippen LogP contribution in [0.1, 0.15) is 25.0 Å². The van der Waals surface area contributed by atoms with Gasteiger partial charge >= 0.3 is 0 Å². The monoisotopic (exact) mass is 439 g/mol. The van der Waals surface area contributed by atoms with Crippen molar-refractivity contribution in [3.8, 4) is 11.5 Å². The normalized spacial score (nSPS) is 11.8. The quantitative estimate of drug-likeness (QED) is 0.335. The maximum atomic E-state index is 5.86. The van der Waals surface area contributed by atoms with Gasteiger partial charge in [0.2, 0.25) is 5.96 Å². The van der Waals surface area contributed by atoms with Crippen LogP contribution in [-0.4, -0.2) is 59.8 Å². The van der Waals surface area contributed by atoms with Crippen LogP contribution in [0.5, 0.6) is 11.5 Å². The van der Waals surface area contributed by atoms with Gasteiger partial charge in [0.25, 0.3) is 0 Å². The third-order valence-corrected chi connectivity index (χ3v) is 4.37. The second kappa shape index (κ2) is 12.2. The van der Waals surface area contributed by atoms with Gasteiger partial charge in [0, 0.05) is 62.8 Å². The number of hydrogen-bond acceptors (Lipinski definition) is 7. The Labute approximate surface area is 190 Å². The van der Waals surface area contributed by atoms with E-state index in [1.807, 2.05) is 88.2 Å². The molecule has 3 N–H and O–H groups in total. The summed E-state index contributed by atoms with van der Waals surface area (Å²) in [5, 5.41) is 12.1. The highest BCUT2D eigenvalue weighted by atomic mass is 16.5. The summed E-state index contributed by atoms with van der Waals surface area (Å²) in [6.07, 6.45) is 3.22. The van der Waals surface area contributed by atoms with Crippen LogP contribution in [0, 0.1) is 0 Å². The van der Waals surface area contributed by atoms with Crippen LogP contribution >= 0.6 is 0 Å². The zero-order chi connectivity index (χ0) is 23.5. The lowest BCUT2D eigenvalue weighted by molar-refractivity contribution is 0.339. The van der Waals surface area contributed by atoms with E-state index in [1.54, 1.807) is 12.4 Å². The second-order valence-electron chi connectivity index (χ2n) is 7.20. The van der Waals surface area contributed by atoms with Crippen molar-refractivity contribution in [2.24, 2.45) is 21.0 Å². The summed E-state index contributed by atoms with van der Waals surface area (Å²) >= 11 is 0. The molecule has 0 aliphatic carbocycles. The average molecular weight is 440 g/mol. The summed E-state index contributed by atoms with van der Waals surface area (Å²) in [7, 11) is 7.91. The van der Waals surface area contributed by atoms with E-state index >= 15 is 0 Å². The molecule has 0 radical (unpaired) electrons. The largest absolute Gasteiger partial charge is 0.493 e. The minimum absolute atomic E-state index is 0.0586. The minimum Gasteiger partial charge on any atom is -0.493 e. The molecule has 0 aromatic heterocycles. The fraction of sp³-hybridized carbons (Fsp3) is 0.348. The van der Waals surface area contributed by atoms with Crippen molar-refractivity contribution in [1.82, 2.24) is 5.43 Å². The predicted octanol–water partition coefficient (Wildman–Crippen LogP) is 2.89. The molecule has 0 aliphatic heterocycles. The molecule has 9 nitrogen and oxygen atoms in total. The Morgan fingerprint density at radius 1 is 0.875 bits per heavy atom. The molecule has 0 amide bonds. The molecule has 0 spiro atoms. The smallest absolute Gasteiger partial charge is 0.234 e. The van der Waals surface area contributed by atoms with E-state index in [4.69, 9.17) is 15.2 Å². The van der Waals surface area contributed by atoms with Gasteiger partial charge in [-0.1, -0.05) is 0 Å². The van der Waals surface area contributed by atoms with E-state index in [2.05, 4.69) is 20.7 Å². The molecule has 2 aromatic carbocycles. The first-order chi connectivity index (χ1) is 15.3. The number of rotatable bonds is 10. The van der Waals surface area contributed by atoms with Crippen molar-refractivity contribution in [2.45, 2.75) is 13.8 Å². The number of benzene rings is 2. The molecule has 0 heterocycles. The fourth-order valence-corrected chi connectivity index (χ4v) is 2.72. The highest BCUT2D eigenvalue weighted by Gasteiger charge is 2.06. The lowest BCUT2D eigenvalue weighted by Gasteiger charge is -2.15. The topological polar surface area (TPSA) is 100 Å². The molecule has 0 unspecified atom stereocenters. The highest BCUT2D eigenvalue weighted by molar-refractivity contribution is 5.87. The first-order valence-corrected chi connectivity index (χ1v) is 10.4. The van der Waals surface area contributed by atoms with Gasteiger partial charge in [0.15, 0.2) is 0 Å². The first-order valence-electron chi connectivity index (χ1n) is 10.4. The summed E-state index contributed by atoms with van der Waals surface area (Å²) < 4.78 is 11.4. The third kappa shape index (κ3) is 7.19. The zero-order valence-electron chi connectivity index (χ0n) is 19.7. The van der Waals surface area contributed by atoms with Crippen molar-refractivity contribution in [1.29, 1.82) is 0 Å². The molecule has 0 aliphatic rings. The molecule has 172 valence electrons. The number of nitrogens with one attached hydrogen (secondary N) is 1. The highest BCUT2D eigenvalue weighted by Crippen LogP contribution is 2.24. The number of nitrogens with two attached hydrogens (primary N) is 1.